The van der Waals surface area contributed by atoms with E-state index in [4.69, 9.17) is 5.73 Å². The number of rotatable bonds is 3. The first-order valence-electron chi connectivity index (χ1n) is 7.52. The Kier molecular flexibility index (Phi) is 3.61. The van der Waals surface area contributed by atoms with Gasteiger partial charge in [0.15, 0.2) is 5.65 Å². The number of nitrogens with two attached hydrogens (primary N) is 1. The molecule has 2 heterocycles. The molecule has 2 aromatic heterocycles. The zero-order valence-electron chi connectivity index (χ0n) is 12.3. The number of hydrogen-bond acceptors (Lipinski definition) is 4. The molecule has 0 saturated heterocycles. The van der Waals surface area contributed by atoms with Crippen LogP contribution in [0.25, 0.3) is 5.65 Å². The van der Waals surface area contributed by atoms with E-state index in [9.17, 15) is 0 Å². The van der Waals surface area contributed by atoms with Crippen molar-refractivity contribution in [1.82, 2.24) is 14.6 Å². The van der Waals surface area contributed by atoms with E-state index in [1.54, 1.807) is 0 Å². The number of anilines is 1. The molecule has 1 fully saturated rings. The Labute approximate surface area is 119 Å². The van der Waals surface area contributed by atoms with Gasteiger partial charge in [0.25, 0.3) is 0 Å². The topological polar surface area (TPSA) is 59.5 Å². The molecule has 0 unspecified atom stereocenters. The van der Waals surface area contributed by atoms with Gasteiger partial charge in [0.2, 0.25) is 5.95 Å². The lowest BCUT2D eigenvalue weighted by Crippen LogP contribution is -2.41. The van der Waals surface area contributed by atoms with Crippen molar-refractivity contribution < 1.29 is 0 Å². The normalized spacial score (nSPS) is 23.1. The van der Waals surface area contributed by atoms with Crippen molar-refractivity contribution in [3.63, 3.8) is 0 Å². The minimum absolute atomic E-state index is 0.377. The van der Waals surface area contributed by atoms with Gasteiger partial charge in [-0.15, -0.1) is 5.10 Å². The van der Waals surface area contributed by atoms with E-state index in [0.29, 0.717) is 12.1 Å². The Balaban J connectivity index is 1.87. The van der Waals surface area contributed by atoms with Crippen LogP contribution in [-0.4, -0.2) is 33.2 Å². The van der Waals surface area contributed by atoms with Crippen LogP contribution in [0.1, 0.15) is 38.2 Å². The summed E-state index contributed by atoms with van der Waals surface area (Å²) in [6, 6.07) is 5.00. The van der Waals surface area contributed by atoms with Gasteiger partial charge in [-0.2, -0.15) is 4.98 Å². The Morgan fingerprint density at radius 2 is 2.05 bits per heavy atom. The van der Waals surface area contributed by atoms with E-state index < -0.39 is 0 Å². The fraction of sp³-hybridized carbons (Fsp3) is 0.600. The summed E-state index contributed by atoms with van der Waals surface area (Å²) in [6.45, 7) is 5.18. The highest BCUT2D eigenvalue weighted by Gasteiger charge is 2.25. The maximum atomic E-state index is 6.00. The summed E-state index contributed by atoms with van der Waals surface area (Å²) in [5, 5.41) is 4.64. The smallest absolute Gasteiger partial charge is 0.245 e. The molecular formula is C15H23N5. The zero-order valence-corrected chi connectivity index (χ0v) is 12.3. The van der Waals surface area contributed by atoms with Crippen LogP contribution in [-0.2, 0) is 0 Å². The van der Waals surface area contributed by atoms with Crippen molar-refractivity contribution in [1.29, 1.82) is 0 Å². The molecule has 0 aromatic carbocycles. The number of nitrogens with zero attached hydrogens (tertiary/aromatic N) is 4. The van der Waals surface area contributed by atoms with Gasteiger partial charge in [-0.3, -0.25) is 0 Å². The van der Waals surface area contributed by atoms with Crippen LogP contribution in [0.4, 0.5) is 5.95 Å². The maximum Gasteiger partial charge on any atom is 0.245 e. The van der Waals surface area contributed by atoms with Crippen LogP contribution >= 0.6 is 0 Å². The maximum absolute atomic E-state index is 6.00. The fourth-order valence-corrected chi connectivity index (χ4v) is 3.07. The Morgan fingerprint density at radius 1 is 1.30 bits per heavy atom. The van der Waals surface area contributed by atoms with Gasteiger partial charge in [-0.05, 0) is 51.2 Å². The first-order valence-corrected chi connectivity index (χ1v) is 7.52. The number of hydrogen-bond donors (Lipinski definition) is 1. The highest BCUT2D eigenvalue weighted by Crippen LogP contribution is 2.25. The number of aromatic nitrogens is 3. The van der Waals surface area contributed by atoms with E-state index in [1.165, 1.54) is 5.56 Å². The van der Waals surface area contributed by atoms with E-state index in [1.807, 2.05) is 16.8 Å². The summed E-state index contributed by atoms with van der Waals surface area (Å²) < 4.78 is 1.88. The summed E-state index contributed by atoms with van der Waals surface area (Å²) in [5.74, 6) is 0.846. The number of fused-ring (bicyclic) bond motifs is 1. The van der Waals surface area contributed by atoms with Gasteiger partial charge in [0, 0.05) is 24.8 Å². The van der Waals surface area contributed by atoms with Crippen LogP contribution in [0.15, 0.2) is 18.3 Å². The van der Waals surface area contributed by atoms with Crippen LogP contribution in [0, 0.1) is 6.92 Å². The molecule has 108 valence electrons. The quantitative estimate of drug-likeness (QED) is 0.930. The molecule has 1 saturated carbocycles. The minimum Gasteiger partial charge on any atom is -0.337 e. The van der Waals surface area contributed by atoms with Crippen molar-refractivity contribution in [3.8, 4) is 0 Å². The standard InChI is InChI=1S/C15H23N5/c1-3-19(13-7-5-12(16)6-8-13)15-17-14-9-4-11(2)10-20(14)18-15/h4,9-10,12-13H,3,5-8,16H2,1-2H3. The molecule has 0 aliphatic heterocycles. The van der Waals surface area contributed by atoms with Crippen molar-refractivity contribution in [2.45, 2.75) is 51.6 Å². The Bertz CT molecular complexity index is 583. The predicted octanol–water partition coefficient (Wildman–Crippen LogP) is 2.13. The fourth-order valence-electron chi connectivity index (χ4n) is 3.07. The highest BCUT2D eigenvalue weighted by atomic mass is 15.4. The van der Waals surface area contributed by atoms with Gasteiger partial charge >= 0.3 is 0 Å². The van der Waals surface area contributed by atoms with E-state index >= 15 is 0 Å². The zero-order chi connectivity index (χ0) is 14.1. The molecule has 0 spiro atoms. The van der Waals surface area contributed by atoms with Crippen LogP contribution in [0.2, 0.25) is 0 Å². The molecule has 0 radical (unpaired) electrons. The second-order valence-electron chi connectivity index (χ2n) is 5.78. The second-order valence-corrected chi connectivity index (χ2v) is 5.78. The van der Waals surface area contributed by atoms with Gasteiger partial charge in [0.1, 0.15) is 0 Å². The lowest BCUT2D eigenvalue weighted by Gasteiger charge is -2.34. The minimum atomic E-state index is 0.377. The average molecular weight is 273 g/mol. The summed E-state index contributed by atoms with van der Waals surface area (Å²) in [5.41, 5.74) is 8.11. The third-order valence-corrected chi connectivity index (χ3v) is 4.25. The molecule has 2 aromatic rings. The van der Waals surface area contributed by atoms with Crippen LogP contribution in [0.5, 0.6) is 0 Å². The third kappa shape index (κ3) is 2.50. The first kappa shape index (κ1) is 13.4. The van der Waals surface area contributed by atoms with Gasteiger partial charge in [0.05, 0.1) is 0 Å². The molecule has 5 nitrogen and oxygen atoms in total. The monoisotopic (exact) mass is 273 g/mol. The summed E-state index contributed by atoms with van der Waals surface area (Å²) in [7, 11) is 0. The SMILES string of the molecule is CCN(c1nc2ccc(C)cn2n1)C1CCC(N)CC1. The summed E-state index contributed by atoms with van der Waals surface area (Å²) >= 11 is 0. The summed E-state index contributed by atoms with van der Waals surface area (Å²) in [6.07, 6.45) is 6.52. The molecular weight excluding hydrogens is 250 g/mol. The average Bonchev–Trinajstić information content (AvgIpc) is 2.84. The lowest BCUT2D eigenvalue weighted by atomic mass is 9.91. The molecule has 0 amide bonds. The first-order chi connectivity index (χ1) is 9.67. The Morgan fingerprint density at radius 3 is 2.75 bits per heavy atom. The third-order valence-electron chi connectivity index (χ3n) is 4.25. The molecule has 1 aliphatic carbocycles. The van der Waals surface area contributed by atoms with Crippen LogP contribution in [0.3, 0.4) is 0 Å². The van der Waals surface area contributed by atoms with Gasteiger partial charge < -0.3 is 10.6 Å². The molecule has 5 heteroatoms. The van der Waals surface area contributed by atoms with E-state index in [2.05, 4.69) is 34.9 Å². The predicted molar refractivity (Wildman–Crippen MR) is 81.0 cm³/mol. The molecule has 3 rings (SSSR count). The van der Waals surface area contributed by atoms with E-state index in [-0.39, 0.29) is 0 Å². The number of aryl methyl sites for hydroxylation is 1. The van der Waals surface area contributed by atoms with Crippen molar-refractivity contribution in [2.75, 3.05) is 11.4 Å². The van der Waals surface area contributed by atoms with Crippen molar-refractivity contribution >= 4 is 11.6 Å². The van der Waals surface area contributed by atoms with Gasteiger partial charge in [-0.1, -0.05) is 6.07 Å². The van der Waals surface area contributed by atoms with Crippen molar-refractivity contribution in [3.05, 3.63) is 23.9 Å². The second kappa shape index (κ2) is 5.40. The lowest BCUT2D eigenvalue weighted by molar-refractivity contribution is 0.375. The molecule has 0 atom stereocenters. The summed E-state index contributed by atoms with van der Waals surface area (Å²) in [4.78, 5) is 6.99. The largest absolute Gasteiger partial charge is 0.337 e. The molecule has 0 bridgehead atoms. The van der Waals surface area contributed by atoms with Crippen LogP contribution < -0.4 is 10.6 Å². The molecule has 1 aliphatic rings. The van der Waals surface area contributed by atoms with Gasteiger partial charge in [-0.25, -0.2) is 4.52 Å². The Hall–Kier alpha value is -1.62. The van der Waals surface area contributed by atoms with E-state index in [0.717, 1.165) is 43.8 Å². The molecule has 20 heavy (non-hydrogen) atoms. The molecule has 2 N–H and O–H groups in total. The number of pyridine rings is 1. The van der Waals surface area contributed by atoms with Crippen molar-refractivity contribution in [2.24, 2.45) is 5.73 Å². The highest BCUT2D eigenvalue weighted by molar-refractivity contribution is 5.46.